The fraction of sp³-hybridized carbons (Fsp3) is 0.268. The molecule has 0 bridgehead atoms. The highest BCUT2D eigenvalue weighted by Crippen LogP contribution is 2.21. The van der Waals surface area contributed by atoms with Crippen LogP contribution in [0.2, 0.25) is 0 Å². The van der Waals surface area contributed by atoms with Crippen molar-refractivity contribution in [3.05, 3.63) is 147 Å². The van der Waals surface area contributed by atoms with Gasteiger partial charge in [-0.2, -0.15) is 4.79 Å². The fourth-order valence-corrected chi connectivity index (χ4v) is 4.84. The van der Waals surface area contributed by atoms with Crippen LogP contribution >= 0.6 is 0 Å². The Morgan fingerprint density at radius 3 is 1.68 bits per heavy atom. The molecule has 2 N–H and O–H groups in total. The molecule has 1 fully saturated rings. The van der Waals surface area contributed by atoms with Crippen LogP contribution in [-0.2, 0) is 73.2 Å². The third-order valence-electron chi connectivity index (χ3n) is 7.78. The molecule has 1 saturated heterocycles. The van der Waals surface area contributed by atoms with E-state index in [4.69, 9.17) is 20.5 Å². The van der Waals surface area contributed by atoms with Gasteiger partial charge in [-0.25, -0.2) is 4.79 Å². The molecule has 1 aliphatic heterocycles. The lowest BCUT2D eigenvalue weighted by molar-refractivity contribution is -0.197. The highest BCUT2D eigenvalue weighted by atomic mass is 33.1. The second-order valence-electron chi connectivity index (χ2n) is 11.8. The number of methoxy groups -OCH3 is 2. The maximum Gasteiger partial charge on any atom is 0.386 e. The predicted octanol–water partition coefficient (Wildman–Crippen LogP) is 6.42. The van der Waals surface area contributed by atoms with Gasteiger partial charge in [-0.15, -0.1) is 5.06 Å². The number of carbonyl (C=O) groups is 5. The maximum absolute atomic E-state index is 12.3. The van der Waals surface area contributed by atoms with Gasteiger partial charge in [0, 0.05) is 68.5 Å². The number of hydrogen-bond acceptors (Lipinski definition) is 11. The first-order valence-electron chi connectivity index (χ1n) is 17.7. The van der Waals surface area contributed by atoms with E-state index in [-0.39, 0.29) is 38.3 Å². The molecule has 0 saturated carbocycles. The monoisotopic (exact) mass is 874 g/mol. The van der Waals surface area contributed by atoms with Crippen LogP contribution in [0.15, 0.2) is 114 Å². The van der Waals surface area contributed by atoms with Crippen LogP contribution in [0.5, 0.6) is 11.5 Å². The lowest BCUT2D eigenvalue weighted by atomic mass is 10.1. The Morgan fingerprint density at radius 1 is 0.783 bits per heavy atom. The molecule has 316 valence electrons. The molecular weight excluding hydrogens is 829 g/mol. The van der Waals surface area contributed by atoms with Gasteiger partial charge in [-0.1, -0.05) is 92.3 Å². The summed E-state index contributed by atoms with van der Waals surface area (Å²) >= 11 is 8.25. The van der Waals surface area contributed by atoms with Crippen molar-refractivity contribution in [1.82, 2.24) is 15.7 Å². The normalized spacial score (nSPS) is 11.2. The predicted molar refractivity (Wildman–Crippen MR) is 233 cm³/mol. The van der Waals surface area contributed by atoms with Gasteiger partial charge in [-0.3, -0.25) is 19.2 Å². The zero-order chi connectivity index (χ0) is 43.4. The van der Waals surface area contributed by atoms with Gasteiger partial charge in [0.1, 0.15) is 17.5 Å². The molecule has 4 aromatic carbocycles. The number of rotatable bonds is 14. The summed E-state index contributed by atoms with van der Waals surface area (Å²) in [6.45, 7) is 2.57. The van der Waals surface area contributed by atoms with Crippen molar-refractivity contribution in [2.75, 3.05) is 14.2 Å². The number of hydrogen-bond donors (Lipinski definition) is 2. The number of hydroxylamine groups is 2. The van der Waals surface area contributed by atoms with E-state index < -0.39 is 29.7 Å². The molecule has 4 aromatic rings. The Bertz CT molecular complexity index is 2110. The Hall–Kier alpha value is -6.62. The molecule has 0 radical (unpaired) electrons. The first-order chi connectivity index (χ1) is 28.5. The Balaban J connectivity index is 0.000000444. The molecule has 5 rings (SSSR count). The van der Waals surface area contributed by atoms with Crippen molar-refractivity contribution in [2.24, 2.45) is 5.11 Å². The third-order valence-corrected chi connectivity index (χ3v) is 7.78. The maximum atomic E-state index is 12.3. The molecule has 16 nitrogen and oxygen atoms in total. The Labute approximate surface area is 361 Å². The number of carbonyl (C=O) groups excluding carboxylic acids is 5. The number of benzene rings is 4. The second kappa shape index (κ2) is 29.6. The molecule has 4 amide bonds. The molecule has 1 unspecified atom stereocenters. The van der Waals surface area contributed by atoms with Crippen LogP contribution in [0.3, 0.4) is 0 Å². The second-order valence-corrected chi connectivity index (χ2v) is 13.6. The molecule has 0 aliphatic carbocycles. The van der Waals surface area contributed by atoms with E-state index in [0.29, 0.717) is 47.2 Å². The average Bonchev–Trinajstić information content (AvgIpc) is 3.58. The van der Waals surface area contributed by atoms with Crippen molar-refractivity contribution >= 4 is 66.6 Å². The van der Waals surface area contributed by atoms with E-state index in [1.807, 2.05) is 67.6 Å². The molecule has 0 spiro atoms. The van der Waals surface area contributed by atoms with E-state index in [1.165, 1.54) is 0 Å². The van der Waals surface area contributed by atoms with Crippen LogP contribution < -0.4 is 20.1 Å². The number of azide groups is 1. The lowest BCUT2D eigenvalue weighted by Crippen LogP contribution is -2.31. The molecule has 0 aromatic heterocycles. The van der Waals surface area contributed by atoms with Gasteiger partial charge in [0.15, 0.2) is 0 Å². The highest BCUT2D eigenvalue weighted by molar-refractivity contribution is 8.37. The summed E-state index contributed by atoms with van der Waals surface area (Å²) in [4.78, 5) is 67.6. The van der Waals surface area contributed by atoms with Crippen molar-refractivity contribution in [1.29, 1.82) is 0 Å². The van der Waals surface area contributed by atoms with Crippen LogP contribution in [0.25, 0.3) is 16.0 Å². The zero-order valence-electron chi connectivity index (χ0n) is 32.4. The first-order valence-corrected chi connectivity index (χ1v) is 20.4. The van der Waals surface area contributed by atoms with Gasteiger partial charge in [0.25, 0.3) is 11.8 Å². The average molecular weight is 875 g/mol. The largest absolute Gasteiger partial charge is 0.497 e. The molecule has 1 aliphatic rings. The van der Waals surface area contributed by atoms with Gasteiger partial charge >= 0.3 is 17.6 Å². The minimum atomic E-state index is -0.903. The molecule has 60 heavy (non-hydrogen) atoms. The smallest absolute Gasteiger partial charge is 0.386 e. The van der Waals surface area contributed by atoms with Crippen molar-refractivity contribution in [3.63, 3.8) is 0 Å². The standard InChI is InChI=1S/C16H16N4O2.C16H15N3O2.C8H11NO4.CH4.S3/c1-22-14-9-7-13(8-10-14)15(19-20-17)16(21)18-11-12-5-3-2-4-6-12;1-21-14-9-7-13(8-10-14)15(19-17)16(20)18-11-12-5-3-2-4-6-12;1-2-3-8(12)13-9-6(10)4-5-7(9)11;;1-3-2/h2-10,15H,11H2,1H3,(H,18,21);2-10H,11H2,1H3,(H,18,20);2-5H2,1H3;1H4;. The van der Waals surface area contributed by atoms with E-state index >= 15 is 0 Å². The summed E-state index contributed by atoms with van der Waals surface area (Å²) in [5.74, 6) is -0.845. The van der Waals surface area contributed by atoms with Gasteiger partial charge < -0.3 is 30.5 Å². The van der Waals surface area contributed by atoms with Crippen LogP contribution in [0.4, 0.5) is 0 Å². The quantitative estimate of drug-likeness (QED) is 0.0465. The van der Waals surface area contributed by atoms with Gasteiger partial charge in [0.05, 0.1) is 19.8 Å². The summed E-state index contributed by atoms with van der Waals surface area (Å²) < 4.78 is 10.1. The summed E-state index contributed by atoms with van der Waals surface area (Å²) in [5.41, 5.74) is 20.8. The minimum absolute atomic E-state index is 0. The van der Waals surface area contributed by atoms with Crippen molar-refractivity contribution < 1.29 is 43.1 Å². The third kappa shape index (κ3) is 18.3. The van der Waals surface area contributed by atoms with Crippen LogP contribution in [-0.4, -0.2) is 59.4 Å². The molecule has 1 heterocycles. The van der Waals surface area contributed by atoms with E-state index in [0.717, 1.165) is 20.0 Å². The Kier molecular flexibility index (Phi) is 25.3. The van der Waals surface area contributed by atoms with Crippen LogP contribution in [0.1, 0.15) is 68.3 Å². The summed E-state index contributed by atoms with van der Waals surface area (Å²) in [6, 6.07) is 31.7. The number of nitrogens with one attached hydrogen (secondary N) is 2. The van der Waals surface area contributed by atoms with Crippen molar-refractivity contribution in [3.8, 4) is 11.5 Å². The molecular formula is C41H46N8O8S3. The van der Waals surface area contributed by atoms with Crippen LogP contribution in [0, 0.1) is 0 Å². The van der Waals surface area contributed by atoms with E-state index in [9.17, 15) is 24.0 Å². The van der Waals surface area contributed by atoms with E-state index in [1.54, 1.807) is 62.8 Å². The summed E-state index contributed by atoms with van der Waals surface area (Å²) in [6.07, 6.45) is 1.13. The van der Waals surface area contributed by atoms with Crippen molar-refractivity contribution in [2.45, 2.75) is 59.2 Å². The molecule has 19 heteroatoms. The topological polar surface area (TPSA) is 226 Å². The lowest BCUT2D eigenvalue weighted by Gasteiger charge is -2.13. The summed E-state index contributed by atoms with van der Waals surface area (Å²) in [5, 5.41) is 9.65. The number of ether oxygens (including phenoxy) is 2. The number of imide groups is 1. The highest BCUT2D eigenvalue weighted by Gasteiger charge is 2.32. The van der Waals surface area contributed by atoms with E-state index in [2.05, 4.69) is 52.7 Å². The van der Waals surface area contributed by atoms with Gasteiger partial charge in [0.2, 0.25) is 5.91 Å². The zero-order valence-corrected chi connectivity index (χ0v) is 34.8. The Morgan fingerprint density at radius 2 is 1.25 bits per heavy atom. The molecule has 1 atom stereocenters. The summed E-state index contributed by atoms with van der Waals surface area (Å²) in [7, 11) is 4.04. The first kappa shape index (κ1) is 51.4. The fourth-order valence-electron chi connectivity index (χ4n) is 4.84. The SMILES string of the molecule is C.CCCC(=O)ON1C(=O)CCC1=O.COc1ccc(C(=[N+]=[N-])C(=O)NCc2ccccc2)cc1.COc1ccc(C(N=[N+]=[N-])C(=O)NCc2ccccc2)cc1.S=S=S. The number of nitrogens with zero attached hydrogens (tertiary/aromatic N) is 6. The van der Waals surface area contributed by atoms with Gasteiger partial charge in [-0.05, 0) is 65.0 Å². The minimum Gasteiger partial charge on any atom is -0.497 e. The number of amides is 4.